The van der Waals surface area contributed by atoms with Crippen LogP contribution in [0.25, 0.3) is 5.65 Å². The van der Waals surface area contributed by atoms with Crippen LogP contribution in [0.5, 0.6) is 0 Å². The standard InChI is InChI=1S/C15H13ClFN3/c1-10-14(20-7-3-2-4-15(20)19-10)9-18-13-6-5-11(17)8-12(13)16/h2-8,18H,9H2,1H3. The molecule has 0 radical (unpaired) electrons. The lowest BCUT2D eigenvalue weighted by Gasteiger charge is -2.09. The second-order valence-electron chi connectivity index (χ2n) is 4.55. The molecule has 1 N–H and O–H groups in total. The molecule has 102 valence electrons. The van der Waals surface area contributed by atoms with Crippen LogP contribution in [-0.2, 0) is 6.54 Å². The van der Waals surface area contributed by atoms with E-state index in [0.717, 1.165) is 17.0 Å². The topological polar surface area (TPSA) is 29.3 Å². The third kappa shape index (κ3) is 2.34. The summed E-state index contributed by atoms with van der Waals surface area (Å²) < 4.78 is 15.0. The number of nitrogens with one attached hydrogen (secondary N) is 1. The predicted molar refractivity (Wildman–Crippen MR) is 78.7 cm³/mol. The summed E-state index contributed by atoms with van der Waals surface area (Å²) in [6.07, 6.45) is 1.97. The number of hydrogen-bond acceptors (Lipinski definition) is 2. The van der Waals surface area contributed by atoms with E-state index in [4.69, 9.17) is 11.6 Å². The zero-order chi connectivity index (χ0) is 14.1. The molecule has 0 spiro atoms. The van der Waals surface area contributed by atoms with E-state index in [1.807, 2.05) is 35.7 Å². The quantitative estimate of drug-likeness (QED) is 0.788. The molecule has 3 rings (SSSR count). The SMILES string of the molecule is Cc1nc2ccccn2c1CNc1ccc(F)cc1Cl. The van der Waals surface area contributed by atoms with Gasteiger partial charge in [-0.25, -0.2) is 9.37 Å². The predicted octanol–water partition coefficient (Wildman–Crippen LogP) is 4.05. The first-order valence-electron chi connectivity index (χ1n) is 6.26. The number of nitrogens with zero attached hydrogens (tertiary/aromatic N) is 2. The first kappa shape index (κ1) is 12.9. The number of halogens is 2. The Bertz CT molecular complexity index is 767. The van der Waals surface area contributed by atoms with Gasteiger partial charge in [0.25, 0.3) is 0 Å². The van der Waals surface area contributed by atoms with Crippen molar-refractivity contribution in [2.24, 2.45) is 0 Å². The lowest BCUT2D eigenvalue weighted by molar-refractivity contribution is 0.628. The lowest BCUT2D eigenvalue weighted by Crippen LogP contribution is -2.04. The fourth-order valence-corrected chi connectivity index (χ4v) is 2.42. The molecular formula is C15H13ClFN3. The number of rotatable bonds is 3. The van der Waals surface area contributed by atoms with Gasteiger partial charge in [0.2, 0.25) is 0 Å². The van der Waals surface area contributed by atoms with Crippen LogP contribution >= 0.6 is 11.6 Å². The third-order valence-electron chi connectivity index (χ3n) is 3.21. The summed E-state index contributed by atoms with van der Waals surface area (Å²) in [5, 5.41) is 3.59. The molecule has 0 amide bonds. The summed E-state index contributed by atoms with van der Waals surface area (Å²) in [4.78, 5) is 4.49. The van der Waals surface area contributed by atoms with Gasteiger partial charge in [0.05, 0.1) is 28.6 Å². The maximum atomic E-state index is 13.0. The van der Waals surface area contributed by atoms with Gasteiger partial charge in [-0.15, -0.1) is 0 Å². The van der Waals surface area contributed by atoms with Gasteiger partial charge < -0.3 is 9.72 Å². The molecule has 2 aromatic heterocycles. The van der Waals surface area contributed by atoms with E-state index in [1.165, 1.54) is 12.1 Å². The van der Waals surface area contributed by atoms with E-state index in [0.29, 0.717) is 17.3 Å². The second-order valence-corrected chi connectivity index (χ2v) is 4.96. The summed E-state index contributed by atoms with van der Waals surface area (Å²) >= 11 is 6.00. The number of fused-ring (bicyclic) bond motifs is 1. The molecule has 0 atom stereocenters. The van der Waals surface area contributed by atoms with Crippen LogP contribution in [0.15, 0.2) is 42.6 Å². The van der Waals surface area contributed by atoms with Crippen molar-refractivity contribution < 1.29 is 4.39 Å². The zero-order valence-corrected chi connectivity index (χ0v) is 11.7. The van der Waals surface area contributed by atoms with E-state index >= 15 is 0 Å². The van der Waals surface area contributed by atoms with Crippen LogP contribution in [0.3, 0.4) is 0 Å². The minimum atomic E-state index is -0.341. The average molecular weight is 290 g/mol. The molecule has 2 heterocycles. The summed E-state index contributed by atoms with van der Waals surface area (Å²) in [6.45, 7) is 2.54. The fourth-order valence-electron chi connectivity index (χ4n) is 2.19. The van der Waals surface area contributed by atoms with Gasteiger partial charge in [-0.1, -0.05) is 17.7 Å². The molecular weight excluding hydrogens is 277 g/mol. The Morgan fingerprint density at radius 2 is 2.15 bits per heavy atom. The number of aromatic nitrogens is 2. The molecule has 0 aliphatic carbocycles. The third-order valence-corrected chi connectivity index (χ3v) is 3.52. The van der Waals surface area contributed by atoms with E-state index in [-0.39, 0.29) is 5.82 Å². The highest BCUT2D eigenvalue weighted by Gasteiger charge is 2.08. The lowest BCUT2D eigenvalue weighted by atomic mass is 10.3. The summed E-state index contributed by atoms with van der Waals surface area (Å²) in [7, 11) is 0. The molecule has 5 heteroatoms. The second kappa shape index (κ2) is 5.13. The van der Waals surface area contributed by atoms with Gasteiger partial charge in [-0.2, -0.15) is 0 Å². The number of anilines is 1. The summed E-state index contributed by atoms with van der Waals surface area (Å²) in [6, 6.07) is 10.2. The van der Waals surface area contributed by atoms with Crippen LogP contribution in [0, 0.1) is 12.7 Å². The van der Waals surface area contributed by atoms with Crippen LogP contribution in [-0.4, -0.2) is 9.38 Å². The summed E-state index contributed by atoms with van der Waals surface area (Å²) in [5.41, 5.74) is 3.63. The number of aryl methyl sites for hydroxylation is 1. The number of pyridine rings is 1. The first-order chi connectivity index (χ1) is 9.65. The van der Waals surface area contributed by atoms with E-state index in [2.05, 4.69) is 10.3 Å². The monoisotopic (exact) mass is 289 g/mol. The van der Waals surface area contributed by atoms with Gasteiger partial charge in [-0.3, -0.25) is 0 Å². The Labute approximate surface area is 121 Å². The average Bonchev–Trinajstić information content (AvgIpc) is 2.74. The molecule has 0 bridgehead atoms. The van der Waals surface area contributed by atoms with Crippen molar-refractivity contribution in [2.45, 2.75) is 13.5 Å². The smallest absolute Gasteiger partial charge is 0.137 e. The molecule has 20 heavy (non-hydrogen) atoms. The van der Waals surface area contributed by atoms with Gasteiger partial charge in [0, 0.05) is 6.20 Å². The highest BCUT2D eigenvalue weighted by molar-refractivity contribution is 6.33. The van der Waals surface area contributed by atoms with Crippen molar-refractivity contribution in [2.75, 3.05) is 5.32 Å². The summed E-state index contributed by atoms with van der Waals surface area (Å²) in [5.74, 6) is -0.341. The van der Waals surface area contributed by atoms with E-state index in [1.54, 1.807) is 6.07 Å². The Kier molecular flexibility index (Phi) is 3.32. The Morgan fingerprint density at radius 3 is 2.95 bits per heavy atom. The van der Waals surface area contributed by atoms with Gasteiger partial charge in [0.1, 0.15) is 11.5 Å². The van der Waals surface area contributed by atoms with Crippen molar-refractivity contribution in [1.82, 2.24) is 9.38 Å². The number of imidazole rings is 1. The Balaban J connectivity index is 1.88. The van der Waals surface area contributed by atoms with Crippen molar-refractivity contribution in [3.05, 3.63) is 64.8 Å². The largest absolute Gasteiger partial charge is 0.378 e. The van der Waals surface area contributed by atoms with Crippen molar-refractivity contribution in [3.8, 4) is 0 Å². The molecule has 0 aliphatic rings. The maximum absolute atomic E-state index is 13.0. The molecule has 0 unspecified atom stereocenters. The minimum absolute atomic E-state index is 0.341. The molecule has 0 fully saturated rings. The Hall–Kier alpha value is -2.07. The number of hydrogen-bond donors (Lipinski definition) is 1. The molecule has 0 aliphatic heterocycles. The fraction of sp³-hybridized carbons (Fsp3) is 0.133. The Morgan fingerprint density at radius 1 is 1.30 bits per heavy atom. The van der Waals surface area contributed by atoms with E-state index in [9.17, 15) is 4.39 Å². The van der Waals surface area contributed by atoms with Crippen LogP contribution in [0.4, 0.5) is 10.1 Å². The highest BCUT2D eigenvalue weighted by Crippen LogP contribution is 2.23. The maximum Gasteiger partial charge on any atom is 0.137 e. The van der Waals surface area contributed by atoms with E-state index < -0.39 is 0 Å². The molecule has 0 saturated carbocycles. The van der Waals surface area contributed by atoms with Crippen molar-refractivity contribution >= 4 is 22.9 Å². The highest BCUT2D eigenvalue weighted by atomic mass is 35.5. The zero-order valence-electron chi connectivity index (χ0n) is 10.9. The molecule has 1 aromatic carbocycles. The van der Waals surface area contributed by atoms with Gasteiger partial charge in [-0.05, 0) is 37.3 Å². The van der Waals surface area contributed by atoms with Crippen LogP contribution < -0.4 is 5.32 Å². The molecule has 3 aromatic rings. The first-order valence-corrected chi connectivity index (χ1v) is 6.64. The van der Waals surface area contributed by atoms with Crippen molar-refractivity contribution in [3.63, 3.8) is 0 Å². The van der Waals surface area contributed by atoms with Gasteiger partial charge in [0.15, 0.2) is 0 Å². The minimum Gasteiger partial charge on any atom is -0.378 e. The van der Waals surface area contributed by atoms with Crippen molar-refractivity contribution in [1.29, 1.82) is 0 Å². The molecule has 0 saturated heterocycles. The number of benzene rings is 1. The molecule has 3 nitrogen and oxygen atoms in total. The van der Waals surface area contributed by atoms with Gasteiger partial charge >= 0.3 is 0 Å². The van der Waals surface area contributed by atoms with Crippen LogP contribution in [0.1, 0.15) is 11.4 Å². The van der Waals surface area contributed by atoms with Crippen LogP contribution in [0.2, 0.25) is 5.02 Å². The normalized spacial score (nSPS) is 10.9.